The van der Waals surface area contributed by atoms with Crippen LogP contribution in [-0.4, -0.2) is 37.6 Å². The summed E-state index contributed by atoms with van der Waals surface area (Å²) < 4.78 is 6.25. The lowest BCUT2D eigenvalue weighted by molar-refractivity contribution is -0.138. The van der Waals surface area contributed by atoms with E-state index in [0.717, 1.165) is 4.47 Å². The highest BCUT2D eigenvalue weighted by Crippen LogP contribution is 2.23. The number of nitrogens with one attached hydrogen (secondary N) is 3. The molecule has 0 saturated heterocycles. The van der Waals surface area contributed by atoms with Gasteiger partial charge >= 0.3 is 11.8 Å². The molecule has 0 aromatic heterocycles. The Kier molecular flexibility index (Phi) is 8.44. The summed E-state index contributed by atoms with van der Waals surface area (Å²) in [6.45, 7) is -0.294. The van der Waals surface area contributed by atoms with E-state index in [-0.39, 0.29) is 6.61 Å². The summed E-state index contributed by atoms with van der Waals surface area (Å²) in [5, 5.41) is 9.29. The van der Waals surface area contributed by atoms with Crippen molar-refractivity contribution in [2.75, 3.05) is 19.0 Å². The van der Waals surface area contributed by atoms with Crippen molar-refractivity contribution in [1.82, 2.24) is 10.7 Å². The predicted molar refractivity (Wildman–Crippen MR) is 115 cm³/mol. The monoisotopic (exact) mass is 500 g/mol. The number of nitrogens with zero attached hydrogens (tertiary/aromatic N) is 1. The van der Waals surface area contributed by atoms with E-state index in [1.165, 1.54) is 13.3 Å². The van der Waals surface area contributed by atoms with E-state index in [2.05, 4.69) is 37.1 Å². The molecule has 0 fully saturated rings. The lowest BCUT2D eigenvalue weighted by atomic mass is 10.2. The van der Waals surface area contributed by atoms with Gasteiger partial charge in [0.25, 0.3) is 5.91 Å². The van der Waals surface area contributed by atoms with Gasteiger partial charge in [0, 0.05) is 32.8 Å². The van der Waals surface area contributed by atoms with Crippen LogP contribution in [0.15, 0.2) is 46.0 Å². The Bertz CT molecular complexity index is 949. The largest absolute Gasteiger partial charge is 0.483 e. The molecule has 11 heteroatoms. The van der Waals surface area contributed by atoms with Gasteiger partial charge < -0.3 is 15.4 Å². The number of amides is 3. The van der Waals surface area contributed by atoms with Gasteiger partial charge in [-0.2, -0.15) is 5.10 Å². The molecule has 2 aromatic carbocycles. The van der Waals surface area contributed by atoms with Gasteiger partial charge in [0.15, 0.2) is 6.61 Å². The highest BCUT2D eigenvalue weighted by atomic mass is 79.9. The average Bonchev–Trinajstić information content (AvgIpc) is 2.65. The van der Waals surface area contributed by atoms with E-state index < -0.39 is 17.7 Å². The van der Waals surface area contributed by atoms with E-state index in [1.807, 2.05) is 0 Å². The van der Waals surface area contributed by atoms with Gasteiger partial charge in [0.05, 0.1) is 6.21 Å². The fraction of sp³-hybridized carbons (Fsp3) is 0.111. The number of hydrogen-bond donors (Lipinski definition) is 3. The van der Waals surface area contributed by atoms with Crippen molar-refractivity contribution < 1.29 is 19.1 Å². The molecule has 0 unspecified atom stereocenters. The van der Waals surface area contributed by atoms with Crippen LogP contribution in [0.2, 0.25) is 10.0 Å². The quantitative estimate of drug-likeness (QED) is 0.321. The topological polar surface area (TPSA) is 109 Å². The van der Waals surface area contributed by atoms with Crippen molar-refractivity contribution >= 4 is 68.8 Å². The summed E-state index contributed by atoms with van der Waals surface area (Å²) in [4.78, 5) is 34.7. The zero-order valence-electron chi connectivity index (χ0n) is 15.0. The highest BCUT2D eigenvalue weighted by Gasteiger charge is 2.10. The molecule has 0 atom stereocenters. The van der Waals surface area contributed by atoms with Crippen LogP contribution in [-0.2, 0) is 14.4 Å². The molecule has 8 nitrogen and oxygen atoms in total. The highest BCUT2D eigenvalue weighted by molar-refractivity contribution is 9.10. The van der Waals surface area contributed by atoms with Crippen LogP contribution in [0, 0.1) is 0 Å². The first-order chi connectivity index (χ1) is 13.8. The smallest absolute Gasteiger partial charge is 0.329 e. The molecule has 152 valence electrons. The second kappa shape index (κ2) is 10.8. The molecular weight excluding hydrogens is 487 g/mol. The molecule has 2 aromatic rings. The number of likely N-dealkylation sites (N-methyl/N-ethyl adjacent to an activating group) is 1. The maximum Gasteiger partial charge on any atom is 0.329 e. The van der Waals surface area contributed by atoms with Gasteiger partial charge in [-0.05, 0) is 36.4 Å². The number of hydrogen-bond acceptors (Lipinski definition) is 5. The molecule has 0 spiro atoms. The molecule has 0 aliphatic heterocycles. The lowest BCUT2D eigenvalue weighted by Crippen LogP contribution is -2.35. The summed E-state index contributed by atoms with van der Waals surface area (Å²) in [7, 11) is 1.33. The number of benzene rings is 2. The van der Waals surface area contributed by atoms with Gasteiger partial charge in [-0.25, -0.2) is 5.43 Å². The molecule has 0 saturated carbocycles. The minimum atomic E-state index is -0.916. The minimum Gasteiger partial charge on any atom is -0.483 e. The number of hydrazone groups is 1. The molecule has 0 aliphatic carbocycles. The van der Waals surface area contributed by atoms with Crippen LogP contribution in [0.1, 0.15) is 5.56 Å². The Balaban J connectivity index is 2.02. The molecule has 3 amide bonds. The van der Waals surface area contributed by atoms with Crippen molar-refractivity contribution in [2.45, 2.75) is 0 Å². The second-order valence-electron chi connectivity index (χ2n) is 5.46. The Labute approximate surface area is 184 Å². The number of anilines is 1. The van der Waals surface area contributed by atoms with Gasteiger partial charge in [-0.15, -0.1) is 0 Å². The van der Waals surface area contributed by atoms with E-state index in [4.69, 9.17) is 27.9 Å². The number of carbonyl (C=O) groups excluding carboxylic acids is 3. The van der Waals surface area contributed by atoms with Crippen LogP contribution < -0.4 is 20.8 Å². The first-order valence-electron chi connectivity index (χ1n) is 8.02. The molecule has 3 N–H and O–H groups in total. The Morgan fingerprint density at radius 1 is 1.10 bits per heavy atom. The average molecular weight is 502 g/mol. The summed E-state index contributed by atoms with van der Waals surface area (Å²) in [6.07, 6.45) is 1.29. The summed E-state index contributed by atoms with van der Waals surface area (Å²) in [6, 6.07) is 9.65. The third-order valence-electron chi connectivity index (χ3n) is 3.28. The van der Waals surface area contributed by atoms with E-state index in [0.29, 0.717) is 27.0 Å². The summed E-state index contributed by atoms with van der Waals surface area (Å²) in [5.74, 6) is -1.83. The van der Waals surface area contributed by atoms with Crippen LogP contribution in [0.3, 0.4) is 0 Å². The number of ether oxygens (including phenoxy) is 1. The maximum absolute atomic E-state index is 12.1. The zero-order chi connectivity index (χ0) is 21.4. The Morgan fingerprint density at radius 3 is 2.45 bits per heavy atom. The number of rotatable bonds is 6. The second-order valence-corrected chi connectivity index (χ2v) is 7.24. The molecule has 29 heavy (non-hydrogen) atoms. The first kappa shape index (κ1) is 22.7. The summed E-state index contributed by atoms with van der Waals surface area (Å²) in [5.41, 5.74) is 2.98. The standard InChI is InChI=1S/C18H15BrCl2N4O4/c1-22-17(27)18(28)25-23-8-10-4-11(19)2-3-15(10)29-9-16(26)24-14-6-12(20)5-13(21)7-14/h2-8H,9H2,1H3,(H,22,27)(H,24,26)(H,25,28)/b23-8-. The normalized spacial score (nSPS) is 10.5. The van der Waals surface area contributed by atoms with Crippen LogP contribution >= 0.6 is 39.1 Å². The molecule has 2 rings (SSSR count). The Hall–Kier alpha value is -2.62. The molecule has 0 aliphatic rings. The SMILES string of the molecule is CNC(=O)C(=O)N/N=C\c1cc(Br)ccc1OCC(=O)Nc1cc(Cl)cc(Cl)c1. The van der Waals surface area contributed by atoms with Gasteiger partial charge in [0.2, 0.25) is 0 Å². The maximum atomic E-state index is 12.1. The van der Waals surface area contributed by atoms with Gasteiger partial charge in [0.1, 0.15) is 5.75 Å². The zero-order valence-corrected chi connectivity index (χ0v) is 18.1. The molecular formula is C18H15BrCl2N4O4. The number of carbonyl (C=O) groups is 3. The van der Waals surface area contributed by atoms with E-state index in [9.17, 15) is 14.4 Å². The van der Waals surface area contributed by atoms with Crippen LogP contribution in [0.25, 0.3) is 0 Å². The van der Waals surface area contributed by atoms with Crippen molar-refractivity contribution in [3.05, 3.63) is 56.5 Å². The predicted octanol–water partition coefficient (Wildman–Crippen LogP) is 2.97. The molecule has 0 radical (unpaired) electrons. The van der Waals surface area contributed by atoms with Crippen molar-refractivity contribution in [3.8, 4) is 5.75 Å². The van der Waals surface area contributed by atoms with E-state index in [1.54, 1.807) is 36.4 Å². The van der Waals surface area contributed by atoms with Crippen molar-refractivity contribution in [2.24, 2.45) is 5.10 Å². The first-order valence-corrected chi connectivity index (χ1v) is 9.57. The van der Waals surface area contributed by atoms with E-state index >= 15 is 0 Å². The number of halogens is 3. The van der Waals surface area contributed by atoms with Crippen molar-refractivity contribution in [1.29, 1.82) is 0 Å². The third kappa shape index (κ3) is 7.37. The van der Waals surface area contributed by atoms with Gasteiger partial charge in [-0.3, -0.25) is 14.4 Å². The third-order valence-corrected chi connectivity index (χ3v) is 4.21. The van der Waals surface area contributed by atoms with Gasteiger partial charge in [-0.1, -0.05) is 39.1 Å². The minimum absolute atomic E-state index is 0.294. The molecule has 0 bridgehead atoms. The lowest BCUT2D eigenvalue weighted by Gasteiger charge is -2.10. The summed E-state index contributed by atoms with van der Waals surface area (Å²) >= 11 is 15.1. The van der Waals surface area contributed by atoms with Crippen LogP contribution in [0.5, 0.6) is 5.75 Å². The van der Waals surface area contributed by atoms with Crippen LogP contribution in [0.4, 0.5) is 5.69 Å². The fourth-order valence-corrected chi connectivity index (χ4v) is 2.95. The fourth-order valence-electron chi connectivity index (χ4n) is 2.04. The Morgan fingerprint density at radius 2 is 1.79 bits per heavy atom. The van der Waals surface area contributed by atoms with Crippen molar-refractivity contribution in [3.63, 3.8) is 0 Å². The molecule has 0 heterocycles.